The van der Waals surface area contributed by atoms with Crippen molar-refractivity contribution in [3.05, 3.63) is 34.3 Å². The summed E-state index contributed by atoms with van der Waals surface area (Å²) in [7, 11) is 0. The second-order valence-corrected chi connectivity index (χ2v) is 9.97. The largest absolute Gasteiger partial charge is 0.444 e. The molecule has 2 aliphatic heterocycles. The van der Waals surface area contributed by atoms with E-state index < -0.39 is 29.6 Å². The number of ether oxygens (including phenoxy) is 1. The fourth-order valence-corrected chi connectivity index (χ4v) is 4.72. The van der Waals surface area contributed by atoms with Crippen molar-refractivity contribution in [2.45, 2.75) is 82.1 Å². The number of alkyl carbamates (subject to hydrolysis) is 1. The van der Waals surface area contributed by atoms with Gasteiger partial charge in [0.25, 0.3) is 5.92 Å². The standard InChI is InChI=1S/C21H28BrF2N3O3/c1-20(2,3)30-19(29)26-14-10-15-7-8-16(11-14)27(15)18(28)17(25)21(23,24)12-5-4-6-13(22)9-12/h4-6,9,14-17H,7-8,10-11,25H2,1-3H3,(H,26,29). The molecule has 3 unspecified atom stereocenters. The number of rotatable bonds is 4. The van der Waals surface area contributed by atoms with Crippen molar-refractivity contribution in [1.82, 2.24) is 10.2 Å². The Morgan fingerprint density at radius 3 is 2.37 bits per heavy atom. The Labute approximate surface area is 183 Å². The van der Waals surface area contributed by atoms with Gasteiger partial charge in [-0.1, -0.05) is 28.1 Å². The number of alkyl halides is 2. The third-order valence-electron chi connectivity index (χ3n) is 5.57. The molecular weight excluding hydrogens is 460 g/mol. The lowest BCUT2D eigenvalue weighted by Gasteiger charge is -2.41. The fourth-order valence-electron chi connectivity index (χ4n) is 4.32. The maximum absolute atomic E-state index is 14.9. The SMILES string of the molecule is CC(C)(C)OC(=O)NC1CC2CCC(C1)N2C(=O)C(N)C(F)(F)c1cccc(Br)c1. The van der Waals surface area contributed by atoms with E-state index in [1.165, 1.54) is 23.1 Å². The topological polar surface area (TPSA) is 84.7 Å². The number of fused-ring (bicyclic) bond motifs is 2. The van der Waals surface area contributed by atoms with Crippen molar-refractivity contribution < 1.29 is 23.1 Å². The van der Waals surface area contributed by atoms with Crippen LogP contribution in [0.4, 0.5) is 13.6 Å². The zero-order chi connectivity index (χ0) is 22.3. The maximum Gasteiger partial charge on any atom is 0.407 e. The van der Waals surface area contributed by atoms with Crippen molar-refractivity contribution in [3.8, 4) is 0 Å². The van der Waals surface area contributed by atoms with Gasteiger partial charge in [0.2, 0.25) is 5.91 Å². The summed E-state index contributed by atoms with van der Waals surface area (Å²) in [6.07, 6.45) is 1.90. The lowest BCUT2D eigenvalue weighted by molar-refractivity contribution is -0.147. The monoisotopic (exact) mass is 487 g/mol. The predicted octanol–water partition coefficient (Wildman–Crippen LogP) is 3.91. The van der Waals surface area contributed by atoms with Crippen LogP contribution >= 0.6 is 15.9 Å². The van der Waals surface area contributed by atoms with Gasteiger partial charge in [-0.2, -0.15) is 8.78 Å². The second kappa shape index (κ2) is 8.42. The molecule has 2 bridgehead atoms. The molecule has 0 saturated carbocycles. The molecule has 3 N–H and O–H groups in total. The van der Waals surface area contributed by atoms with E-state index in [1.54, 1.807) is 26.8 Å². The van der Waals surface area contributed by atoms with Gasteiger partial charge in [-0.15, -0.1) is 0 Å². The number of amides is 2. The first-order chi connectivity index (χ1) is 13.9. The Bertz CT molecular complexity index is 801. The third-order valence-corrected chi connectivity index (χ3v) is 6.07. The van der Waals surface area contributed by atoms with Crippen LogP contribution in [0.5, 0.6) is 0 Å². The van der Waals surface area contributed by atoms with Crippen LogP contribution < -0.4 is 11.1 Å². The molecule has 2 saturated heterocycles. The van der Waals surface area contributed by atoms with Crippen LogP contribution in [0, 0.1) is 0 Å². The van der Waals surface area contributed by atoms with E-state index in [0.717, 1.165) is 0 Å². The molecule has 9 heteroatoms. The number of carbonyl (C=O) groups is 2. The molecule has 30 heavy (non-hydrogen) atoms. The van der Waals surface area contributed by atoms with Gasteiger partial charge in [0.1, 0.15) is 5.60 Å². The molecule has 2 heterocycles. The molecule has 3 atom stereocenters. The number of hydrogen-bond acceptors (Lipinski definition) is 4. The van der Waals surface area contributed by atoms with Gasteiger partial charge in [0, 0.05) is 28.2 Å². The summed E-state index contributed by atoms with van der Waals surface area (Å²) in [5.74, 6) is -4.24. The summed E-state index contributed by atoms with van der Waals surface area (Å²) in [4.78, 5) is 26.6. The van der Waals surface area contributed by atoms with Crippen LogP contribution in [-0.2, 0) is 15.5 Å². The molecule has 0 spiro atoms. The molecule has 1 aromatic rings. The average Bonchev–Trinajstić information content (AvgIpc) is 2.89. The highest BCUT2D eigenvalue weighted by Crippen LogP contribution is 2.39. The first-order valence-electron chi connectivity index (χ1n) is 10.1. The first kappa shape index (κ1) is 22.9. The van der Waals surface area contributed by atoms with Crippen LogP contribution in [0.25, 0.3) is 0 Å². The molecule has 0 radical (unpaired) electrons. The van der Waals surface area contributed by atoms with E-state index in [9.17, 15) is 18.4 Å². The number of nitrogens with two attached hydrogens (primary N) is 1. The van der Waals surface area contributed by atoms with Gasteiger partial charge in [-0.25, -0.2) is 4.79 Å². The number of nitrogens with zero attached hydrogens (tertiary/aromatic N) is 1. The molecule has 2 amide bonds. The highest BCUT2D eigenvalue weighted by atomic mass is 79.9. The number of benzene rings is 1. The Morgan fingerprint density at radius 1 is 1.23 bits per heavy atom. The molecule has 6 nitrogen and oxygen atoms in total. The highest BCUT2D eigenvalue weighted by Gasteiger charge is 2.51. The second-order valence-electron chi connectivity index (χ2n) is 9.06. The summed E-state index contributed by atoms with van der Waals surface area (Å²) in [6, 6.07) is 3.09. The van der Waals surface area contributed by atoms with E-state index in [0.29, 0.717) is 30.2 Å². The zero-order valence-electron chi connectivity index (χ0n) is 17.3. The van der Waals surface area contributed by atoms with Crippen molar-refractivity contribution in [1.29, 1.82) is 0 Å². The lowest BCUT2D eigenvalue weighted by Crippen LogP contribution is -2.59. The maximum atomic E-state index is 14.9. The van der Waals surface area contributed by atoms with Crippen LogP contribution in [0.3, 0.4) is 0 Å². The van der Waals surface area contributed by atoms with E-state index in [1.807, 2.05) is 0 Å². The van der Waals surface area contributed by atoms with Gasteiger partial charge >= 0.3 is 6.09 Å². The Morgan fingerprint density at radius 2 is 1.83 bits per heavy atom. The minimum absolute atomic E-state index is 0.164. The van der Waals surface area contributed by atoms with Gasteiger partial charge < -0.3 is 20.7 Å². The molecule has 2 aliphatic rings. The molecule has 0 aliphatic carbocycles. The van der Waals surface area contributed by atoms with Gasteiger partial charge in [-0.05, 0) is 58.6 Å². The smallest absolute Gasteiger partial charge is 0.407 e. The number of nitrogens with one attached hydrogen (secondary N) is 1. The third kappa shape index (κ3) is 4.94. The van der Waals surface area contributed by atoms with Gasteiger partial charge in [-0.3, -0.25) is 4.79 Å². The summed E-state index contributed by atoms with van der Waals surface area (Å²) in [5.41, 5.74) is 4.89. The molecule has 166 valence electrons. The van der Waals surface area contributed by atoms with E-state index in [-0.39, 0.29) is 23.7 Å². The molecule has 3 rings (SSSR count). The predicted molar refractivity (Wildman–Crippen MR) is 112 cm³/mol. The van der Waals surface area contributed by atoms with Gasteiger partial charge in [0.05, 0.1) is 0 Å². The minimum Gasteiger partial charge on any atom is -0.444 e. The number of carbonyl (C=O) groups excluding carboxylic acids is 2. The summed E-state index contributed by atoms with van der Waals surface area (Å²) in [6.45, 7) is 5.35. The molecular formula is C21H28BrF2N3O3. The number of hydrogen-bond donors (Lipinski definition) is 2. The first-order valence-corrected chi connectivity index (χ1v) is 10.9. The fraction of sp³-hybridized carbons (Fsp3) is 0.619. The van der Waals surface area contributed by atoms with Crippen molar-refractivity contribution >= 4 is 27.9 Å². The van der Waals surface area contributed by atoms with E-state index >= 15 is 0 Å². The van der Waals surface area contributed by atoms with Crippen LogP contribution in [0.15, 0.2) is 28.7 Å². The van der Waals surface area contributed by atoms with Gasteiger partial charge in [0.15, 0.2) is 6.04 Å². The highest BCUT2D eigenvalue weighted by molar-refractivity contribution is 9.10. The van der Waals surface area contributed by atoms with Crippen molar-refractivity contribution in [2.24, 2.45) is 5.73 Å². The summed E-state index contributed by atoms with van der Waals surface area (Å²) < 4.78 is 35.7. The van der Waals surface area contributed by atoms with Crippen LogP contribution in [0.2, 0.25) is 0 Å². The van der Waals surface area contributed by atoms with Crippen molar-refractivity contribution in [2.75, 3.05) is 0 Å². The number of piperidine rings is 1. The quantitative estimate of drug-likeness (QED) is 0.673. The lowest BCUT2D eigenvalue weighted by atomic mass is 9.94. The summed E-state index contributed by atoms with van der Waals surface area (Å²) >= 11 is 3.18. The molecule has 1 aromatic carbocycles. The van der Waals surface area contributed by atoms with E-state index in [4.69, 9.17) is 10.5 Å². The minimum atomic E-state index is -3.49. The molecule has 0 aromatic heterocycles. The Balaban J connectivity index is 1.67. The number of halogens is 3. The Hall–Kier alpha value is -1.74. The zero-order valence-corrected chi connectivity index (χ0v) is 18.9. The van der Waals surface area contributed by atoms with E-state index in [2.05, 4.69) is 21.2 Å². The normalized spacial score (nSPS) is 25.0. The Kier molecular flexibility index (Phi) is 6.43. The summed E-state index contributed by atoms with van der Waals surface area (Å²) in [5, 5.41) is 2.84. The van der Waals surface area contributed by atoms with Crippen LogP contribution in [0.1, 0.15) is 52.0 Å². The average molecular weight is 488 g/mol. The van der Waals surface area contributed by atoms with Crippen molar-refractivity contribution in [3.63, 3.8) is 0 Å². The van der Waals surface area contributed by atoms with Crippen LogP contribution in [-0.4, -0.2) is 46.7 Å². The molecule has 2 fully saturated rings.